The molecule has 0 aliphatic carbocycles. The number of hydrogen-bond donors (Lipinski definition) is 1. The number of carbonyl (C=O) groups is 1. The molecule has 5 heteroatoms. The third-order valence-corrected chi connectivity index (χ3v) is 6.30. The minimum atomic E-state index is 0.256. The molecule has 2 aliphatic heterocycles. The van der Waals surface area contributed by atoms with E-state index in [9.17, 15) is 4.79 Å². The molecule has 0 bridgehead atoms. The Kier molecular flexibility index (Phi) is 6.67. The average molecular weight is 405 g/mol. The molecule has 1 fully saturated rings. The number of guanidine groups is 1. The summed E-state index contributed by atoms with van der Waals surface area (Å²) in [5, 5.41) is 3.46. The van der Waals surface area contributed by atoms with E-state index in [1.54, 1.807) is 0 Å². The first kappa shape index (κ1) is 20.5. The van der Waals surface area contributed by atoms with Crippen LogP contribution in [0.3, 0.4) is 0 Å². The van der Waals surface area contributed by atoms with E-state index in [-0.39, 0.29) is 5.91 Å². The Morgan fingerprint density at radius 2 is 1.80 bits per heavy atom. The summed E-state index contributed by atoms with van der Waals surface area (Å²) in [6.07, 6.45) is 3.52. The van der Waals surface area contributed by atoms with Crippen molar-refractivity contribution in [1.29, 1.82) is 0 Å². The van der Waals surface area contributed by atoms with Crippen LogP contribution in [0.4, 0.5) is 0 Å². The molecule has 1 saturated heterocycles. The predicted octanol–water partition coefficient (Wildman–Crippen LogP) is 3.42. The molecule has 0 radical (unpaired) electrons. The Labute approximate surface area is 179 Å². The van der Waals surface area contributed by atoms with E-state index >= 15 is 0 Å². The molecule has 30 heavy (non-hydrogen) atoms. The van der Waals surface area contributed by atoms with E-state index < -0.39 is 0 Å². The molecule has 5 nitrogen and oxygen atoms in total. The molecule has 158 valence electrons. The van der Waals surface area contributed by atoms with Gasteiger partial charge in [-0.05, 0) is 36.0 Å². The number of aliphatic imine (C=N–C) groups is 1. The molecule has 0 aromatic heterocycles. The van der Waals surface area contributed by atoms with Crippen LogP contribution in [0.15, 0.2) is 59.6 Å². The van der Waals surface area contributed by atoms with Crippen LogP contribution in [0, 0.1) is 0 Å². The van der Waals surface area contributed by atoms with E-state index in [0.29, 0.717) is 12.3 Å². The summed E-state index contributed by atoms with van der Waals surface area (Å²) in [6, 6.07) is 19.2. The zero-order chi connectivity index (χ0) is 20.8. The Balaban J connectivity index is 1.20. The van der Waals surface area contributed by atoms with Gasteiger partial charge in [0.15, 0.2) is 5.96 Å². The normalized spacial score (nSPS) is 19.0. The van der Waals surface area contributed by atoms with E-state index in [1.165, 1.54) is 16.7 Å². The Bertz CT molecular complexity index is 880. The van der Waals surface area contributed by atoms with Gasteiger partial charge in [-0.1, -0.05) is 54.6 Å². The van der Waals surface area contributed by atoms with Crippen LogP contribution in [0.5, 0.6) is 0 Å². The average Bonchev–Trinajstić information content (AvgIpc) is 3.29. The molecule has 2 aromatic rings. The lowest BCUT2D eigenvalue weighted by Gasteiger charge is -2.29. The van der Waals surface area contributed by atoms with Gasteiger partial charge < -0.3 is 15.1 Å². The van der Waals surface area contributed by atoms with E-state index in [0.717, 1.165) is 57.9 Å². The maximum Gasteiger partial charge on any atom is 0.222 e. The third kappa shape index (κ3) is 4.84. The number of fused-ring (bicyclic) bond motifs is 1. The molecule has 0 saturated carbocycles. The molecule has 2 aliphatic rings. The lowest BCUT2D eigenvalue weighted by atomic mass is 9.99. The highest BCUT2D eigenvalue weighted by atomic mass is 16.2. The molecule has 1 atom stereocenters. The first-order valence-corrected chi connectivity index (χ1v) is 11.1. The Morgan fingerprint density at radius 1 is 1.03 bits per heavy atom. The van der Waals surface area contributed by atoms with Gasteiger partial charge in [-0.2, -0.15) is 0 Å². The Morgan fingerprint density at radius 3 is 2.60 bits per heavy atom. The predicted molar refractivity (Wildman–Crippen MR) is 122 cm³/mol. The number of likely N-dealkylation sites (tertiary alicyclic amines) is 1. The van der Waals surface area contributed by atoms with Crippen LogP contribution in [-0.2, 0) is 17.8 Å². The van der Waals surface area contributed by atoms with Crippen LogP contribution in [0.2, 0.25) is 0 Å². The van der Waals surface area contributed by atoms with Crippen LogP contribution < -0.4 is 5.32 Å². The Hall–Kier alpha value is -2.82. The van der Waals surface area contributed by atoms with Crippen molar-refractivity contribution in [2.45, 2.75) is 38.1 Å². The van der Waals surface area contributed by atoms with Crippen LogP contribution >= 0.6 is 0 Å². The summed E-state index contributed by atoms with van der Waals surface area (Å²) < 4.78 is 0. The summed E-state index contributed by atoms with van der Waals surface area (Å²) in [5.41, 5.74) is 4.08. The fourth-order valence-corrected chi connectivity index (χ4v) is 4.59. The van der Waals surface area contributed by atoms with Crippen molar-refractivity contribution < 1.29 is 4.79 Å². The third-order valence-electron chi connectivity index (χ3n) is 6.30. The summed E-state index contributed by atoms with van der Waals surface area (Å²) in [7, 11) is 1.84. The van der Waals surface area contributed by atoms with Gasteiger partial charge in [0, 0.05) is 52.1 Å². The molecule has 2 heterocycles. The molecule has 1 N–H and O–H groups in total. The van der Waals surface area contributed by atoms with Crippen LogP contribution in [-0.4, -0.2) is 54.9 Å². The molecule has 4 rings (SSSR count). The van der Waals surface area contributed by atoms with E-state index in [4.69, 9.17) is 0 Å². The van der Waals surface area contributed by atoms with Crippen LogP contribution in [0.1, 0.15) is 41.9 Å². The summed E-state index contributed by atoms with van der Waals surface area (Å²) in [5.74, 6) is 1.77. The van der Waals surface area contributed by atoms with Gasteiger partial charge >= 0.3 is 0 Å². The number of carbonyl (C=O) groups excluding carboxylic acids is 1. The van der Waals surface area contributed by atoms with Crippen molar-refractivity contribution in [3.05, 3.63) is 71.3 Å². The number of rotatable bonds is 5. The zero-order valence-electron chi connectivity index (χ0n) is 17.9. The second kappa shape index (κ2) is 9.79. The summed E-state index contributed by atoms with van der Waals surface area (Å²) in [4.78, 5) is 21.4. The highest BCUT2D eigenvalue weighted by Gasteiger charge is 2.26. The summed E-state index contributed by atoms with van der Waals surface area (Å²) in [6.45, 7) is 4.37. The van der Waals surface area contributed by atoms with Crippen molar-refractivity contribution in [1.82, 2.24) is 15.1 Å². The second-order valence-corrected chi connectivity index (χ2v) is 8.25. The van der Waals surface area contributed by atoms with Gasteiger partial charge in [-0.3, -0.25) is 9.79 Å². The first-order chi connectivity index (χ1) is 14.7. The fourth-order valence-electron chi connectivity index (χ4n) is 4.59. The van der Waals surface area contributed by atoms with Gasteiger partial charge in [0.05, 0.1) is 0 Å². The number of hydrogen-bond acceptors (Lipinski definition) is 2. The summed E-state index contributed by atoms with van der Waals surface area (Å²) >= 11 is 0. The highest BCUT2D eigenvalue weighted by Crippen LogP contribution is 2.26. The zero-order valence-corrected chi connectivity index (χ0v) is 17.9. The van der Waals surface area contributed by atoms with Crippen molar-refractivity contribution in [3.8, 4) is 0 Å². The monoisotopic (exact) mass is 404 g/mol. The van der Waals surface area contributed by atoms with Gasteiger partial charge in [0.2, 0.25) is 5.91 Å². The number of amides is 1. The molecule has 1 amide bonds. The lowest BCUT2D eigenvalue weighted by Crippen LogP contribution is -2.41. The molecule has 1 unspecified atom stereocenters. The van der Waals surface area contributed by atoms with Crippen molar-refractivity contribution in [2.24, 2.45) is 4.99 Å². The van der Waals surface area contributed by atoms with Gasteiger partial charge in [0.25, 0.3) is 0 Å². The molecular formula is C25H32N4O. The number of nitrogens with zero attached hydrogens (tertiary/aromatic N) is 3. The maximum atomic E-state index is 12.6. The highest BCUT2D eigenvalue weighted by molar-refractivity contribution is 5.80. The minimum absolute atomic E-state index is 0.256. The van der Waals surface area contributed by atoms with Crippen molar-refractivity contribution in [3.63, 3.8) is 0 Å². The molecule has 2 aromatic carbocycles. The number of benzene rings is 2. The minimum Gasteiger partial charge on any atom is -0.356 e. The van der Waals surface area contributed by atoms with Crippen LogP contribution in [0.25, 0.3) is 0 Å². The first-order valence-electron chi connectivity index (χ1n) is 11.1. The van der Waals surface area contributed by atoms with Crippen molar-refractivity contribution >= 4 is 11.9 Å². The topological polar surface area (TPSA) is 47.9 Å². The fraction of sp³-hybridized carbons (Fsp3) is 0.440. The van der Waals surface area contributed by atoms with Gasteiger partial charge in [0.1, 0.15) is 0 Å². The number of nitrogens with one attached hydrogen (secondary N) is 1. The largest absolute Gasteiger partial charge is 0.356 e. The molecular weight excluding hydrogens is 372 g/mol. The second-order valence-electron chi connectivity index (χ2n) is 8.25. The van der Waals surface area contributed by atoms with E-state index in [2.05, 4.69) is 69.8 Å². The van der Waals surface area contributed by atoms with Crippen molar-refractivity contribution in [2.75, 3.05) is 33.2 Å². The van der Waals surface area contributed by atoms with Gasteiger partial charge in [-0.15, -0.1) is 0 Å². The lowest BCUT2D eigenvalue weighted by molar-refractivity contribution is -0.132. The van der Waals surface area contributed by atoms with Gasteiger partial charge in [-0.25, -0.2) is 0 Å². The quantitative estimate of drug-likeness (QED) is 0.472. The smallest absolute Gasteiger partial charge is 0.222 e. The maximum absolute atomic E-state index is 12.6. The van der Waals surface area contributed by atoms with E-state index in [1.807, 2.05) is 11.9 Å². The molecule has 0 spiro atoms. The SMILES string of the molecule is CN=C(NCCCC(=O)N1CCc2ccccc2C1)N1CCC(c2ccccc2)C1. The standard InChI is InChI=1S/C25H32N4O/c1-26-25(29-17-14-23(19-29)20-8-3-2-4-9-20)27-15-7-12-24(30)28-16-13-21-10-5-6-11-22(21)18-28/h2-6,8-11,23H,7,12-19H2,1H3,(H,26,27).